The molecule has 0 saturated heterocycles. The first-order chi connectivity index (χ1) is 8.16. The van der Waals surface area contributed by atoms with Gasteiger partial charge in [0.2, 0.25) is 0 Å². The van der Waals surface area contributed by atoms with Crippen LogP contribution in [0.1, 0.15) is 11.3 Å². The largest absolute Gasteiger partial charge is 0.282 e. The van der Waals surface area contributed by atoms with Gasteiger partial charge in [-0.25, -0.2) is 8.42 Å². The molecule has 0 amide bonds. The van der Waals surface area contributed by atoms with Crippen LogP contribution >= 0.6 is 0 Å². The number of sulfone groups is 1. The van der Waals surface area contributed by atoms with Gasteiger partial charge in [-0.15, -0.1) is 0 Å². The number of aryl methyl sites for hydroxylation is 1. The first kappa shape index (κ1) is 10.5. The number of hydrogen-bond acceptors (Lipinski definition) is 4. The van der Waals surface area contributed by atoms with Crippen LogP contribution in [0.3, 0.4) is 0 Å². The number of aromatic amines is 1. The van der Waals surface area contributed by atoms with Gasteiger partial charge in [0.1, 0.15) is 5.69 Å². The normalized spacial score (nSPS) is 17.6. The van der Waals surface area contributed by atoms with E-state index >= 15 is 0 Å². The number of pyridine rings is 1. The van der Waals surface area contributed by atoms with E-state index in [9.17, 15) is 8.42 Å². The highest BCUT2D eigenvalue weighted by Crippen LogP contribution is 2.27. The Morgan fingerprint density at radius 3 is 2.94 bits per heavy atom. The highest BCUT2D eigenvalue weighted by molar-refractivity contribution is 7.90. The van der Waals surface area contributed by atoms with Crippen LogP contribution in [0, 0.1) is 0 Å². The second kappa shape index (κ2) is 3.66. The smallest absolute Gasteiger partial charge is 0.154 e. The molecule has 17 heavy (non-hydrogen) atoms. The van der Waals surface area contributed by atoms with Crippen molar-refractivity contribution in [2.75, 3.05) is 5.75 Å². The van der Waals surface area contributed by atoms with Crippen molar-refractivity contribution < 1.29 is 8.42 Å². The zero-order valence-corrected chi connectivity index (χ0v) is 9.87. The van der Waals surface area contributed by atoms with E-state index in [-0.39, 0.29) is 11.5 Å². The van der Waals surface area contributed by atoms with Gasteiger partial charge in [0.25, 0.3) is 0 Å². The average Bonchev–Trinajstić information content (AvgIpc) is 2.71. The number of hydrogen-bond donors (Lipinski definition) is 1. The predicted octanol–water partition coefficient (Wildman–Crippen LogP) is 0.943. The lowest BCUT2D eigenvalue weighted by molar-refractivity contribution is 0.591. The molecule has 0 fully saturated rings. The lowest BCUT2D eigenvalue weighted by Crippen LogP contribution is -2.18. The number of fused-ring (bicyclic) bond motifs is 1. The maximum atomic E-state index is 11.6. The first-order valence-corrected chi connectivity index (χ1v) is 7.16. The van der Waals surface area contributed by atoms with E-state index in [4.69, 9.17) is 0 Å². The Labute approximate surface area is 98.8 Å². The topological polar surface area (TPSA) is 75.7 Å². The van der Waals surface area contributed by atoms with Crippen LogP contribution in [0.4, 0.5) is 0 Å². The predicted molar refractivity (Wildman–Crippen MR) is 63.0 cm³/mol. The summed E-state index contributed by atoms with van der Waals surface area (Å²) in [5.74, 6) is 0.259. The molecule has 6 heteroatoms. The van der Waals surface area contributed by atoms with Crippen molar-refractivity contribution in [3.8, 4) is 11.4 Å². The Balaban J connectivity index is 2.13. The maximum Gasteiger partial charge on any atom is 0.154 e. The van der Waals surface area contributed by atoms with E-state index in [0.29, 0.717) is 17.8 Å². The molecule has 0 aliphatic carbocycles. The van der Waals surface area contributed by atoms with Crippen molar-refractivity contribution >= 4 is 9.84 Å². The molecule has 0 bridgehead atoms. The highest BCUT2D eigenvalue weighted by Gasteiger charge is 2.26. The number of H-pyrrole nitrogens is 1. The summed E-state index contributed by atoms with van der Waals surface area (Å²) in [7, 11) is -2.98. The lowest BCUT2D eigenvalue weighted by atomic mass is 10.1. The van der Waals surface area contributed by atoms with Crippen molar-refractivity contribution in [1.82, 2.24) is 15.2 Å². The van der Waals surface area contributed by atoms with Gasteiger partial charge in [0.05, 0.1) is 17.2 Å². The van der Waals surface area contributed by atoms with Crippen molar-refractivity contribution in [1.29, 1.82) is 0 Å². The molecule has 0 aromatic carbocycles. The van der Waals surface area contributed by atoms with Crippen molar-refractivity contribution in [3.05, 3.63) is 35.7 Å². The van der Waals surface area contributed by atoms with Gasteiger partial charge >= 0.3 is 0 Å². The lowest BCUT2D eigenvalue weighted by Gasteiger charge is -2.12. The summed E-state index contributed by atoms with van der Waals surface area (Å²) in [5, 5.41) is 7.09. The van der Waals surface area contributed by atoms with E-state index < -0.39 is 9.84 Å². The molecule has 0 unspecified atom stereocenters. The number of nitrogens with one attached hydrogen (secondary N) is 1. The van der Waals surface area contributed by atoms with Crippen molar-refractivity contribution in [2.45, 2.75) is 12.2 Å². The standard InChI is InChI=1S/C11H11N3O2S/c15-17(16)6-4-9-8(7-17)11(14-13-9)10-3-1-2-5-12-10/h1-3,5H,4,6-7H2,(H,13,14). The van der Waals surface area contributed by atoms with Gasteiger partial charge in [-0.1, -0.05) is 6.07 Å². The molecule has 2 aromatic rings. The molecule has 88 valence electrons. The second-order valence-electron chi connectivity index (χ2n) is 4.09. The zero-order chi connectivity index (χ0) is 11.9. The van der Waals surface area contributed by atoms with Gasteiger partial charge in [-0.3, -0.25) is 10.1 Å². The molecular formula is C11H11N3O2S. The van der Waals surface area contributed by atoms with Gasteiger partial charge in [0, 0.05) is 23.9 Å². The SMILES string of the molecule is O=S1(=O)CCc2[nH]nc(-c3ccccn3)c2C1. The summed E-state index contributed by atoms with van der Waals surface area (Å²) >= 11 is 0. The van der Waals surface area contributed by atoms with Crippen LogP contribution in [0.15, 0.2) is 24.4 Å². The maximum absolute atomic E-state index is 11.6. The van der Waals surface area contributed by atoms with Crippen LogP contribution < -0.4 is 0 Å². The van der Waals surface area contributed by atoms with Gasteiger partial charge in [-0.2, -0.15) is 5.10 Å². The van der Waals surface area contributed by atoms with Crippen LogP contribution in [-0.2, 0) is 22.0 Å². The third-order valence-corrected chi connectivity index (χ3v) is 4.44. The van der Waals surface area contributed by atoms with Gasteiger partial charge < -0.3 is 0 Å². The third kappa shape index (κ3) is 1.84. The Hall–Kier alpha value is -1.69. The third-order valence-electron chi connectivity index (χ3n) is 2.89. The molecule has 0 saturated carbocycles. The number of nitrogens with zero attached hydrogens (tertiary/aromatic N) is 2. The van der Waals surface area contributed by atoms with Gasteiger partial charge in [-0.05, 0) is 12.1 Å². The molecule has 0 spiro atoms. The van der Waals surface area contributed by atoms with Crippen molar-refractivity contribution in [2.24, 2.45) is 0 Å². The number of aromatic nitrogens is 3. The summed E-state index contributed by atoms with van der Waals surface area (Å²) < 4.78 is 23.3. The Morgan fingerprint density at radius 1 is 1.29 bits per heavy atom. The van der Waals surface area contributed by atoms with Gasteiger partial charge in [0.15, 0.2) is 9.84 Å². The molecule has 1 N–H and O–H groups in total. The van der Waals surface area contributed by atoms with E-state index in [1.807, 2.05) is 18.2 Å². The molecule has 3 rings (SSSR count). The molecule has 1 aliphatic heterocycles. The zero-order valence-electron chi connectivity index (χ0n) is 9.05. The molecule has 0 radical (unpaired) electrons. The Morgan fingerprint density at radius 2 is 2.18 bits per heavy atom. The van der Waals surface area contributed by atoms with Crippen LogP contribution in [0.25, 0.3) is 11.4 Å². The molecule has 2 aromatic heterocycles. The summed E-state index contributed by atoms with van der Waals surface area (Å²) in [6.07, 6.45) is 2.19. The Bertz CT molecular complexity index is 647. The van der Waals surface area contributed by atoms with Crippen LogP contribution in [0.5, 0.6) is 0 Å². The average molecular weight is 249 g/mol. The summed E-state index contributed by atoms with van der Waals surface area (Å²) in [6, 6.07) is 5.51. The fourth-order valence-electron chi connectivity index (χ4n) is 2.03. The minimum atomic E-state index is -2.98. The van der Waals surface area contributed by atoms with E-state index in [1.54, 1.807) is 6.20 Å². The monoisotopic (exact) mass is 249 g/mol. The number of rotatable bonds is 1. The summed E-state index contributed by atoms with van der Waals surface area (Å²) in [6.45, 7) is 0. The fourth-order valence-corrected chi connectivity index (χ4v) is 3.44. The molecule has 1 aliphatic rings. The first-order valence-electron chi connectivity index (χ1n) is 5.34. The second-order valence-corrected chi connectivity index (χ2v) is 6.27. The fraction of sp³-hybridized carbons (Fsp3) is 0.273. The van der Waals surface area contributed by atoms with Crippen molar-refractivity contribution in [3.63, 3.8) is 0 Å². The minimum Gasteiger partial charge on any atom is -0.282 e. The molecule has 3 heterocycles. The molecular weight excluding hydrogens is 238 g/mol. The molecule has 0 atom stereocenters. The Kier molecular flexibility index (Phi) is 2.25. The van der Waals surface area contributed by atoms with E-state index in [0.717, 1.165) is 11.3 Å². The summed E-state index contributed by atoms with van der Waals surface area (Å²) in [5.41, 5.74) is 3.06. The van der Waals surface area contributed by atoms with E-state index in [1.165, 1.54) is 0 Å². The van der Waals surface area contributed by atoms with Crippen LogP contribution in [-0.4, -0.2) is 29.4 Å². The van der Waals surface area contributed by atoms with E-state index in [2.05, 4.69) is 15.2 Å². The highest BCUT2D eigenvalue weighted by atomic mass is 32.2. The quantitative estimate of drug-likeness (QED) is 0.816. The van der Waals surface area contributed by atoms with Crippen LogP contribution in [0.2, 0.25) is 0 Å². The minimum absolute atomic E-state index is 0.0603. The summed E-state index contributed by atoms with van der Waals surface area (Å²) in [4.78, 5) is 4.20. The molecule has 5 nitrogen and oxygen atoms in total.